The molecule has 0 aromatic heterocycles. The average molecular weight is 336 g/mol. The predicted octanol–water partition coefficient (Wildman–Crippen LogP) is 0.382. The van der Waals surface area contributed by atoms with Crippen molar-refractivity contribution >= 4 is 0 Å². The number of likely N-dealkylation sites (tertiary alicyclic amines) is 2. The number of rotatable bonds is 4. The largest absolute Gasteiger partial charge is 0.315 e. The molecule has 5 heteroatoms. The van der Waals surface area contributed by atoms with Crippen molar-refractivity contribution in [3.05, 3.63) is 0 Å². The third-order valence-corrected chi connectivity index (χ3v) is 7.00. The standard InChI is InChI=1S/C19H37N5/c1-21-10-12-22(13-11-21)15-17-4-6-20-14-19(17)24-9-5-18(16-24)23-7-2-3-8-23/h17-20H,2-16H2,1H3. The molecule has 0 spiro atoms. The zero-order chi connectivity index (χ0) is 16.4. The molecular weight excluding hydrogens is 298 g/mol. The predicted molar refractivity (Wildman–Crippen MR) is 99.5 cm³/mol. The van der Waals surface area contributed by atoms with Gasteiger partial charge >= 0.3 is 0 Å². The second-order valence-corrected chi connectivity index (χ2v) is 8.60. The normalized spacial score (nSPS) is 38.1. The molecule has 0 aliphatic carbocycles. The highest BCUT2D eigenvalue weighted by atomic mass is 15.3. The van der Waals surface area contributed by atoms with E-state index in [1.165, 1.54) is 97.7 Å². The average Bonchev–Trinajstić information content (AvgIpc) is 3.28. The molecule has 3 atom stereocenters. The van der Waals surface area contributed by atoms with Gasteiger partial charge in [-0.2, -0.15) is 0 Å². The maximum Gasteiger partial charge on any atom is 0.0262 e. The van der Waals surface area contributed by atoms with Crippen molar-refractivity contribution in [1.29, 1.82) is 0 Å². The summed E-state index contributed by atoms with van der Waals surface area (Å²) in [5.74, 6) is 0.868. The Bertz CT molecular complexity index is 389. The van der Waals surface area contributed by atoms with Gasteiger partial charge in [0.15, 0.2) is 0 Å². The summed E-state index contributed by atoms with van der Waals surface area (Å²) in [5.41, 5.74) is 0. The summed E-state index contributed by atoms with van der Waals surface area (Å²) in [5, 5.41) is 3.69. The second-order valence-electron chi connectivity index (χ2n) is 8.60. The lowest BCUT2D eigenvalue weighted by molar-refractivity contribution is 0.0755. The van der Waals surface area contributed by atoms with Gasteiger partial charge in [0, 0.05) is 64.4 Å². The first kappa shape index (κ1) is 17.2. The Hall–Kier alpha value is -0.200. The molecule has 4 aliphatic rings. The van der Waals surface area contributed by atoms with Gasteiger partial charge in [0.2, 0.25) is 0 Å². The summed E-state index contributed by atoms with van der Waals surface area (Å²) >= 11 is 0. The van der Waals surface area contributed by atoms with Crippen LogP contribution in [0, 0.1) is 5.92 Å². The van der Waals surface area contributed by atoms with E-state index in [-0.39, 0.29) is 0 Å². The SMILES string of the molecule is CN1CCN(CC2CCNCC2N2CCC(N3CCCC3)C2)CC1. The minimum absolute atomic E-state index is 0.769. The van der Waals surface area contributed by atoms with Crippen molar-refractivity contribution in [2.24, 2.45) is 5.92 Å². The Balaban J connectivity index is 1.32. The van der Waals surface area contributed by atoms with Crippen LogP contribution in [-0.4, -0.2) is 111 Å². The van der Waals surface area contributed by atoms with Crippen molar-refractivity contribution in [1.82, 2.24) is 24.9 Å². The Morgan fingerprint density at radius 2 is 1.67 bits per heavy atom. The molecule has 0 aromatic carbocycles. The molecule has 0 radical (unpaired) electrons. The lowest BCUT2D eigenvalue weighted by Gasteiger charge is -2.42. The fourth-order valence-corrected chi connectivity index (χ4v) is 5.37. The van der Waals surface area contributed by atoms with Gasteiger partial charge in [-0.25, -0.2) is 0 Å². The lowest BCUT2D eigenvalue weighted by Crippen LogP contribution is -2.55. The monoisotopic (exact) mass is 335 g/mol. The molecule has 4 heterocycles. The number of piperazine rings is 1. The van der Waals surface area contributed by atoms with E-state index in [0.29, 0.717) is 0 Å². The Kier molecular flexibility index (Phi) is 5.74. The van der Waals surface area contributed by atoms with Crippen LogP contribution in [0.5, 0.6) is 0 Å². The molecule has 138 valence electrons. The van der Waals surface area contributed by atoms with Crippen molar-refractivity contribution in [3.63, 3.8) is 0 Å². The molecule has 0 saturated carbocycles. The molecule has 1 N–H and O–H groups in total. The minimum atomic E-state index is 0.769. The van der Waals surface area contributed by atoms with Gasteiger partial charge in [0.25, 0.3) is 0 Å². The minimum Gasteiger partial charge on any atom is -0.315 e. The maximum atomic E-state index is 3.69. The van der Waals surface area contributed by atoms with E-state index in [9.17, 15) is 0 Å². The van der Waals surface area contributed by atoms with Crippen LogP contribution in [0.1, 0.15) is 25.7 Å². The van der Waals surface area contributed by atoms with Crippen molar-refractivity contribution in [2.75, 3.05) is 79.0 Å². The van der Waals surface area contributed by atoms with Crippen molar-refractivity contribution in [2.45, 2.75) is 37.8 Å². The van der Waals surface area contributed by atoms with Crippen LogP contribution in [0.25, 0.3) is 0 Å². The van der Waals surface area contributed by atoms with Gasteiger partial charge in [-0.1, -0.05) is 0 Å². The van der Waals surface area contributed by atoms with Gasteiger partial charge in [-0.3, -0.25) is 9.80 Å². The summed E-state index contributed by atoms with van der Waals surface area (Å²) in [4.78, 5) is 10.8. The highest BCUT2D eigenvalue weighted by Gasteiger charge is 2.37. The number of likely N-dealkylation sites (N-methyl/N-ethyl adjacent to an activating group) is 1. The van der Waals surface area contributed by atoms with Crippen molar-refractivity contribution < 1.29 is 0 Å². The first-order chi connectivity index (χ1) is 11.8. The van der Waals surface area contributed by atoms with Crippen LogP contribution in [0.4, 0.5) is 0 Å². The van der Waals surface area contributed by atoms with Gasteiger partial charge in [-0.05, 0) is 58.3 Å². The number of nitrogens with zero attached hydrogens (tertiary/aromatic N) is 4. The molecule has 4 saturated heterocycles. The van der Waals surface area contributed by atoms with E-state index >= 15 is 0 Å². The lowest BCUT2D eigenvalue weighted by atomic mass is 9.90. The van der Waals surface area contributed by atoms with E-state index in [0.717, 1.165) is 18.0 Å². The van der Waals surface area contributed by atoms with E-state index < -0.39 is 0 Å². The summed E-state index contributed by atoms with van der Waals surface area (Å²) < 4.78 is 0. The van der Waals surface area contributed by atoms with Crippen LogP contribution in [-0.2, 0) is 0 Å². The fourth-order valence-electron chi connectivity index (χ4n) is 5.37. The van der Waals surface area contributed by atoms with Crippen molar-refractivity contribution in [3.8, 4) is 0 Å². The van der Waals surface area contributed by atoms with Gasteiger partial charge in [-0.15, -0.1) is 0 Å². The molecular formula is C19H37N5. The number of nitrogens with one attached hydrogen (secondary N) is 1. The fraction of sp³-hybridized carbons (Fsp3) is 1.00. The highest BCUT2D eigenvalue weighted by Crippen LogP contribution is 2.27. The number of hydrogen-bond donors (Lipinski definition) is 1. The Morgan fingerprint density at radius 3 is 2.46 bits per heavy atom. The molecule has 0 amide bonds. The van der Waals surface area contributed by atoms with E-state index in [4.69, 9.17) is 0 Å². The Morgan fingerprint density at radius 1 is 0.875 bits per heavy atom. The topological polar surface area (TPSA) is 25.0 Å². The molecule has 0 aromatic rings. The molecule has 0 bridgehead atoms. The maximum absolute atomic E-state index is 3.69. The summed E-state index contributed by atoms with van der Waals surface area (Å²) in [7, 11) is 2.26. The zero-order valence-electron chi connectivity index (χ0n) is 15.6. The summed E-state index contributed by atoms with van der Waals surface area (Å²) in [6, 6.07) is 1.62. The van der Waals surface area contributed by atoms with E-state index in [1.807, 2.05) is 0 Å². The Labute approximate surface area is 148 Å². The molecule has 4 fully saturated rings. The number of piperidine rings is 1. The summed E-state index contributed by atoms with van der Waals surface area (Å²) in [6.45, 7) is 14.1. The quantitative estimate of drug-likeness (QED) is 0.801. The zero-order valence-corrected chi connectivity index (χ0v) is 15.6. The molecule has 5 nitrogen and oxygen atoms in total. The van der Waals surface area contributed by atoms with E-state index in [1.54, 1.807) is 0 Å². The van der Waals surface area contributed by atoms with Crippen LogP contribution in [0.2, 0.25) is 0 Å². The highest BCUT2D eigenvalue weighted by molar-refractivity contribution is 4.94. The molecule has 4 rings (SSSR count). The molecule has 4 aliphatic heterocycles. The third kappa shape index (κ3) is 3.96. The van der Waals surface area contributed by atoms with E-state index in [2.05, 4.69) is 32.0 Å². The van der Waals surface area contributed by atoms with Crippen LogP contribution >= 0.6 is 0 Å². The van der Waals surface area contributed by atoms with Gasteiger partial charge < -0.3 is 15.1 Å². The van der Waals surface area contributed by atoms with Gasteiger partial charge in [0.1, 0.15) is 0 Å². The first-order valence-corrected chi connectivity index (χ1v) is 10.4. The third-order valence-electron chi connectivity index (χ3n) is 7.00. The second kappa shape index (κ2) is 8.00. The number of hydrogen-bond acceptors (Lipinski definition) is 5. The van der Waals surface area contributed by atoms with Crippen LogP contribution in [0.3, 0.4) is 0 Å². The summed E-state index contributed by atoms with van der Waals surface area (Å²) in [6.07, 6.45) is 5.61. The van der Waals surface area contributed by atoms with Gasteiger partial charge in [0.05, 0.1) is 0 Å². The van der Waals surface area contributed by atoms with Crippen LogP contribution in [0.15, 0.2) is 0 Å². The van der Waals surface area contributed by atoms with Crippen LogP contribution < -0.4 is 5.32 Å². The molecule has 3 unspecified atom stereocenters. The molecule has 24 heavy (non-hydrogen) atoms. The smallest absolute Gasteiger partial charge is 0.0262 e. The first-order valence-electron chi connectivity index (χ1n) is 10.4.